The Hall–Kier alpha value is -1.10. The van der Waals surface area contributed by atoms with E-state index >= 15 is 0 Å². The number of carbonyl (C=O) groups excluding carboxylic acids is 2. The number of hydrogen-bond acceptors (Lipinski definition) is 3. The van der Waals surface area contributed by atoms with Crippen LogP contribution in [0.3, 0.4) is 0 Å². The summed E-state index contributed by atoms with van der Waals surface area (Å²) in [5, 5.41) is 5.21. The van der Waals surface area contributed by atoms with E-state index < -0.39 is 0 Å². The fraction of sp³-hybridized carbons (Fsp3) is 0.800. The maximum atomic E-state index is 11.4. The molecule has 0 aromatic heterocycles. The van der Waals surface area contributed by atoms with E-state index in [1.54, 1.807) is 7.05 Å². The van der Waals surface area contributed by atoms with E-state index in [2.05, 4.69) is 10.6 Å². The topological polar surface area (TPSA) is 84.2 Å². The van der Waals surface area contributed by atoms with Crippen molar-refractivity contribution >= 4 is 11.8 Å². The highest BCUT2D eigenvalue weighted by Crippen LogP contribution is 2.03. The second kappa shape index (κ2) is 8.23. The summed E-state index contributed by atoms with van der Waals surface area (Å²) in [6.07, 6.45) is 1.97. The lowest BCUT2D eigenvalue weighted by Gasteiger charge is -2.10. The lowest BCUT2D eigenvalue weighted by molar-refractivity contribution is -0.125. The zero-order chi connectivity index (χ0) is 11.7. The molecule has 0 rings (SSSR count). The molecular weight excluding hydrogens is 194 g/mol. The highest BCUT2D eigenvalue weighted by Gasteiger charge is 2.11. The Morgan fingerprint density at radius 1 is 1.40 bits per heavy atom. The summed E-state index contributed by atoms with van der Waals surface area (Å²) in [5.74, 6) is -0.101. The summed E-state index contributed by atoms with van der Waals surface area (Å²) in [6, 6.07) is 0. The minimum absolute atomic E-state index is 0.00708. The summed E-state index contributed by atoms with van der Waals surface area (Å²) in [5.41, 5.74) is 5.35. The van der Waals surface area contributed by atoms with Crippen molar-refractivity contribution in [1.29, 1.82) is 0 Å². The minimum atomic E-state index is -0.0649. The SMILES string of the molecule is CNC(=O)CCNC(=O)C(C)CCCN. The van der Waals surface area contributed by atoms with Gasteiger partial charge in [0.05, 0.1) is 0 Å². The van der Waals surface area contributed by atoms with Gasteiger partial charge in [-0.3, -0.25) is 9.59 Å². The fourth-order valence-electron chi connectivity index (χ4n) is 1.15. The number of nitrogens with one attached hydrogen (secondary N) is 2. The predicted molar refractivity (Wildman–Crippen MR) is 59.1 cm³/mol. The third-order valence-corrected chi connectivity index (χ3v) is 2.22. The second-order valence-electron chi connectivity index (χ2n) is 3.55. The van der Waals surface area contributed by atoms with Crippen molar-refractivity contribution in [3.8, 4) is 0 Å². The Kier molecular flexibility index (Phi) is 7.62. The molecule has 0 heterocycles. The van der Waals surface area contributed by atoms with Gasteiger partial charge in [-0.25, -0.2) is 0 Å². The summed E-state index contributed by atoms with van der Waals surface area (Å²) in [4.78, 5) is 22.3. The maximum absolute atomic E-state index is 11.4. The van der Waals surface area contributed by atoms with Crippen LogP contribution in [0.25, 0.3) is 0 Å². The molecule has 4 N–H and O–H groups in total. The lowest BCUT2D eigenvalue weighted by atomic mass is 10.1. The molecule has 15 heavy (non-hydrogen) atoms. The quantitative estimate of drug-likeness (QED) is 0.541. The number of carbonyl (C=O) groups is 2. The third-order valence-electron chi connectivity index (χ3n) is 2.22. The van der Waals surface area contributed by atoms with Crippen LogP contribution in [0.5, 0.6) is 0 Å². The zero-order valence-corrected chi connectivity index (χ0v) is 9.51. The van der Waals surface area contributed by atoms with Gasteiger partial charge in [0, 0.05) is 25.9 Å². The van der Waals surface area contributed by atoms with E-state index in [4.69, 9.17) is 5.73 Å². The molecule has 5 heteroatoms. The van der Waals surface area contributed by atoms with Crippen LogP contribution in [0, 0.1) is 5.92 Å². The van der Waals surface area contributed by atoms with Crippen molar-refractivity contribution in [2.75, 3.05) is 20.1 Å². The molecule has 0 spiro atoms. The van der Waals surface area contributed by atoms with Crippen LogP contribution in [0.4, 0.5) is 0 Å². The van der Waals surface area contributed by atoms with E-state index in [9.17, 15) is 9.59 Å². The maximum Gasteiger partial charge on any atom is 0.222 e. The van der Waals surface area contributed by atoms with Crippen LogP contribution in [0.15, 0.2) is 0 Å². The molecule has 0 saturated heterocycles. The first-order valence-electron chi connectivity index (χ1n) is 5.30. The molecule has 0 saturated carbocycles. The predicted octanol–water partition coefficient (Wildman–Crippen LogP) is -0.386. The molecule has 2 amide bonds. The van der Waals surface area contributed by atoms with Gasteiger partial charge in [-0.1, -0.05) is 6.92 Å². The van der Waals surface area contributed by atoms with Crippen LogP contribution in [-0.4, -0.2) is 32.0 Å². The van der Waals surface area contributed by atoms with Gasteiger partial charge in [-0.05, 0) is 19.4 Å². The summed E-state index contributed by atoms with van der Waals surface area (Å²) >= 11 is 0. The lowest BCUT2D eigenvalue weighted by Crippen LogP contribution is -2.32. The second-order valence-corrected chi connectivity index (χ2v) is 3.55. The van der Waals surface area contributed by atoms with Gasteiger partial charge in [0.25, 0.3) is 0 Å². The van der Waals surface area contributed by atoms with Gasteiger partial charge in [-0.15, -0.1) is 0 Å². The Labute approximate surface area is 90.8 Å². The summed E-state index contributed by atoms with van der Waals surface area (Å²) < 4.78 is 0. The first kappa shape index (κ1) is 13.9. The molecular formula is C10H21N3O2. The number of nitrogens with two attached hydrogens (primary N) is 1. The molecule has 0 aliphatic rings. The molecule has 0 radical (unpaired) electrons. The molecule has 0 bridgehead atoms. The Morgan fingerprint density at radius 3 is 2.60 bits per heavy atom. The normalized spacial score (nSPS) is 11.9. The molecule has 0 aromatic rings. The number of hydrogen-bond donors (Lipinski definition) is 3. The first-order chi connectivity index (χ1) is 7.11. The van der Waals surface area contributed by atoms with Gasteiger partial charge in [0.1, 0.15) is 0 Å². The van der Waals surface area contributed by atoms with Crippen molar-refractivity contribution < 1.29 is 9.59 Å². The van der Waals surface area contributed by atoms with Crippen molar-refractivity contribution in [3.63, 3.8) is 0 Å². The molecule has 1 atom stereocenters. The molecule has 0 aromatic carbocycles. The van der Waals surface area contributed by atoms with Crippen LogP contribution in [-0.2, 0) is 9.59 Å². The van der Waals surface area contributed by atoms with Gasteiger partial charge in [-0.2, -0.15) is 0 Å². The third kappa shape index (κ3) is 6.90. The fourth-order valence-corrected chi connectivity index (χ4v) is 1.15. The Balaban J connectivity index is 3.59. The summed E-state index contributed by atoms with van der Waals surface area (Å²) in [6.45, 7) is 2.87. The van der Waals surface area contributed by atoms with Gasteiger partial charge in [0.15, 0.2) is 0 Å². The molecule has 0 aliphatic heterocycles. The number of amides is 2. The molecule has 5 nitrogen and oxygen atoms in total. The van der Waals surface area contributed by atoms with Crippen LogP contribution in [0.1, 0.15) is 26.2 Å². The van der Waals surface area contributed by atoms with E-state index in [0.717, 1.165) is 12.8 Å². The van der Waals surface area contributed by atoms with Crippen LogP contribution in [0.2, 0.25) is 0 Å². The highest BCUT2D eigenvalue weighted by molar-refractivity contribution is 5.80. The Bertz CT molecular complexity index is 207. The van der Waals surface area contributed by atoms with E-state index in [1.807, 2.05) is 6.92 Å². The molecule has 88 valence electrons. The molecule has 1 unspecified atom stereocenters. The van der Waals surface area contributed by atoms with E-state index in [1.165, 1.54) is 0 Å². The van der Waals surface area contributed by atoms with Gasteiger partial charge in [0.2, 0.25) is 11.8 Å². The Morgan fingerprint density at radius 2 is 2.07 bits per heavy atom. The standard InChI is InChI=1S/C10H21N3O2/c1-8(4-3-6-11)10(15)13-7-5-9(14)12-2/h8H,3-7,11H2,1-2H3,(H,12,14)(H,13,15). The van der Waals surface area contributed by atoms with E-state index in [-0.39, 0.29) is 17.7 Å². The van der Waals surface area contributed by atoms with Gasteiger partial charge >= 0.3 is 0 Å². The average molecular weight is 215 g/mol. The largest absolute Gasteiger partial charge is 0.359 e. The molecule has 0 aliphatic carbocycles. The highest BCUT2D eigenvalue weighted by atomic mass is 16.2. The van der Waals surface area contributed by atoms with E-state index in [0.29, 0.717) is 19.5 Å². The van der Waals surface area contributed by atoms with Crippen molar-refractivity contribution in [2.45, 2.75) is 26.2 Å². The monoisotopic (exact) mass is 215 g/mol. The van der Waals surface area contributed by atoms with Crippen LogP contribution >= 0.6 is 0 Å². The number of rotatable bonds is 7. The average Bonchev–Trinajstić information content (AvgIpc) is 2.25. The minimum Gasteiger partial charge on any atom is -0.359 e. The van der Waals surface area contributed by atoms with Crippen molar-refractivity contribution in [2.24, 2.45) is 11.7 Å². The molecule has 0 fully saturated rings. The summed E-state index contributed by atoms with van der Waals surface area (Å²) in [7, 11) is 1.58. The smallest absolute Gasteiger partial charge is 0.222 e. The first-order valence-corrected chi connectivity index (χ1v) is 5.30. The van der Waals surface area contributed by atoms with Crippen molar-refractivity contribution in [1.82, 2.24) is 10.6 Å². The van der Waals surface area contributed by atoms with Crippen LogP contribution < -0.4 is 16.4 Å². The van der Waals surface area contributed by atoms with Crippen molar-refractivity contribution in [3.05, 3.63) is 0 Å². The van der Waals surface area contributed by atoms with Gasteiger partial charge < -0.3 is 16.4 Å². The zero-order valence-electron chi connectivity index (χ0n) is 9.51.